The number of hydrogen-bond donors (Lipinski definition) is 3. The van der Waals surface area contributed by atoms with Crippen LogP contribution in [0.2, 0.25) is 0 Å². The maximum Gasteiger partial charge on any atom is 0.309 e. The monoisotopic (exact) mass is 378 g/mol. The maximum atomic E-state index is 12.5. The van der Waals surface area contributed by atoms with E-state index in [-0.39, 0.29) is 24.3 Å². The third-order valence-corrected chi connectivity index (χ3v) is 4.29. The van der Waals surface area contributed by atoms with Crippen molar-refractivity contribution in [2.75, 3.05) is 13.2 Å². The minimum atomic E-state index is -0.924. The van der Waals surface area contributed by atoms with Crippen LogP contribution in [0.3, 0.4) is 0 Å². The zero-order chi connectivity index (χ0) is 20.6. The van der Waals surface area contributed by atoms with Gasteiger partial charge in [-0.25, -0.2) is 0 Å². The molecule has 0 aromatic heterocycles. The van der Waals surface area contributed by atoms with Gasteiger partial charge in [0, 0.05) is 12.1 Å². The minimum absolute atomic E-state index is 0.121. The fourth-order valence-electron chi connectivity index (χ4n) is 2.34. The Morgan fingerprint density at radius 2 is 1.74 bits per heavy atom. The second kappa shape index (κ2) is 9.94. The molecule has 27 heavy (non-hydrogen) atoms. The van der Waals surface area contributed by atoms with Crippen LogP contribution < -0.4 is 15.4 Å². The molecule has 3 N–H and O–H groups in total. The van der Waals surface area contributed by atoms with E-state index in [1.807, 2.05) is 20.8 Å². The maximum absolute atomic E-state index is 12.5. The minimum Gasteiger partial charge on any atom is -0.494 e. The van der Waals surface area contributed by atoms with Crippen LogP contribution >= 0.6 is 0 Å². The van der Waals surface area contributed by atoms with Crippen LogP contribution in [-0.4, -0.2) is 42.1 Å². The number of benzene rings is 1. The van der Waals surface area contributed by atoms with Crippen molar-refractivity contribution < 1.29 is 24.2 Å². The zero-order valence-corrected chi connectivity index (χ0v) is 16.7. The molecule has 0 heterocycles. The highest BCUT2D eigenvalue weighted by Crippen LogP contribution is 2.19. The molecule has 0 saturated heterocycles. The van der Waals surface area contributed by atoms with Crippen molar-refractivity contribution in [3.63, 3.8) is 0 Å². The molecule has 150 valence electrons. The van der Waals surface area contributed by atoms with Gasteiger partial charge in [0.1, 0.15) is 11.8 Å². The molecular formula is C20H30N2O5. The second-order valence-electron chi connectivity index (χ2n) is 7.38. The summed E-state index contributed by atoms with van der Waals surface area (Å²) in [5.74, 6) is -1.04. The molecule has 0 aliphatic rings. The van der Waals surface area contributed by atoms with Gasteiger partial charge in [-0.3, -0.25) is 14.4 Å². The number of ether oxygens (including phenoxy) is 1. The lowest BCUT2D eigenvalue weighted by Crippen LogP contribution is -2.50. The third-order valence-electron chi connectivity index (χ3n) is 4.29. The SMILES string of the molecule is CCOc1ccc(C(=O)NC(C(=O)NCCC(C)(C)C(=O)O)C(C)C)cc1. The van der Waals surface area contributed by atoms with Crippen LogP contribution in [0.4, 0.5) is 0 Å². The van der Waals surface area contributed by atoms with Gasteiger partial charge >= 0.3 is 5.97 Å². The number of carboxylic acids is 1. The summed E-state index contributed by atoms with van der Waals surface area (Å²) in [6.45, 7) is 9.53. The molecule has 2 amide bonds. The van der Waals surface area contributed by atoms with Gasteiger partial charge in [-0.05, 0) is 57.4 Å². The van der Waals surface area contributed by atoms with Crippen molar-refractivity contribution in [2.24, 2.45) is 11.3 Å². The average molecular weight is 378 g/mol. The summed E-state index contributed by atoms with van der Waals surface area (Å²) in [5, 5.41) is 14.6. The Morgan fingerprint density at radius 3 is 2.22 bits per heavy atom. The fourth-order valence-corrected chi connectivity index (χ4v) is 2.34. The molecule has 1 aromatic rings. The lowest BCUT2D eigenvalue weighted by atomic mass is 9.89. The first-order chi connectivity index (χ1) is 12.6. The van der Waals surface area contributed by atoms with Crippen molar-refractivity contribution in [1.29, 1.82) is 0 Å². The summed E-state index contributed by atoms with van der Waals surface area (Å²) in [7, 11) is 0. The van der Waals surface area contributed by atoms with Crippen LogP contribution in [0.15, 0.2) is 24.3 Å². The quantitative estimate of drug-likeness (QED) is 0.580. The smallest absolute Gasteiger partial charge is 0.309 e. The Hall–Kier alpha value is -2.57. The molecule has 0 spiro atoms. The Kier molecular flexibility index (Phi) is 8.28. The van der Waals surface area contributed by atoms with Crippen LogP contribution in [0.25, 0.3) is 0 Å². The van der Waals surface area contributed by atoms with Crippen molar-refractivity contribution in [3.8, 4) is 5.75 Å². The average Bonchev–Trinajstić information content (AvgIpc) is 2.59. The molecule has 1 rings (SSSR count). The highest BCUT2D eigenvalue weighted by molar-refractivity contribution is 5.97. The standard InChI is InChI=1S/C20H30N2O5/c1-6-27-15-9-7-14(8-10-15)17(23)22-16(13(2)3)18(24)21-12-11-20(4,5)19(25)26/h7-10,13,16H,6,11-12H2,1-5H3,(H,21,24)(H,22,23)(H,25,26). The number of amides is 2. The summed E-state index contributed by atoms with van der Waals surface area (Å²) in [6.07, 6.45) is 0.297. The van der Waals surface area contributed by atoms with E-state index in [1.54, 1.807) is 38.1 Å². The number of nitrogens with one attached hydrogen (secondary N) is 2. The van der Waals surface area contributed by atoms with Crippen LogP contribution in [0, 0.1) is 11.3 Å². The summed E-state index contributed by atoms with van der Waals surface area (Å²) in [5.41, 5.74) is -0.490. The van der Waals surface area contributed by atoms with E-state index in [4.69, 9.17) is 9.84 Å². The third kappa shape index (κ3) is 6.92. The molecule has 0 bridgehead atoms. The van der Waals surface area contributed by atoms with E-state index >= 15 is 0 Å². The summed E-state index contributed by atoms with van der Waals surface area (Å²) < 4.78 is 5.35. The number of carboxylic acid groups (broad SMARTS) is 1. The molecule has 0 aliphatic carbocycles. The Morgan fingerprint density at radius 1 is 1.15 bits per heavy atom. The summed E-state index contributed by atoms with van der Waals surface area (Å²) in [6, 6.07) is 5.99. The van der Waals surface area contributed by atoms with Gasteiger partial charge in [0.05, 0.1) is 12.0 Å². The van der Waals surface area contributed by atoms with Crippen LogP contribution in [0.5, 0.6) is 5.75 Å². The number of hydrogen-bond acceptors (Lipinski definition) is 4. The molecule has 1 aromatic carbocycles. The van der Waals surface area contributed by atoms with Gasteiger partial charge in [0.25, 0.3) is 5.91 Å². The normalized spacial score (nSPS) is 12.4. The predicted octanol–water partition coefficient (Wildman–Crippen LogP) is 2.46. The second-order valence-corrected chi connectivity index (χ2v) is 7.38. The topological polar surface area (TPSA) is 105 Å². The van der Waals surface area contributed by atoms with Gasteiger partial charge in [-0.2, -0.15) is 0 Å². The molecule has 1 unspecified atom stereocenters. The van der Waals surface area contributed by atoms with Gasteiger partial charge in [-0.15, -0.1) is 0 Å². The molecular weight excluding hydrogens is 348 g/mol. The summed E-state index contributed by atoms with van der Waals surface area (Å²) in [4.78, 5) is 36.0. The lowest BCUT2D eigenvalue weighted by molar-refractivity contribution is -0.147. The van der Waals surface area contributed by atoms with Crippen LogP contribution in [0.1, 0.15) is 51.4 Å². The fraction of sp³-hybridized carbons (Fsp3) is 0.550. The number of aliphatic carboxylic acids is 1. The molecule has 0 aliphatic heterocycles. The molecule has 0 fully saturated rings. The Balaban J connectivity index is 2.68. The lowest BCUT2D eigenvalue weighted by Gasteiger charge is -2.23. The first-order valence-electron chi connectivity index (χ1n) is 9.13. The van der Waals surface area contributed by atoms with E-state index in [2.05, 4.69) is 10.6 Å². The van der Waals surface area contributed by atoms with Crippen molar-refractivity contribution in [1.82, 2.24) is 10.6 Å². The highest BCUT2D eigenvalue weighted by Gasteiger charge is 2.28. The zero-order valence-electron chi connectivity index (χ0n) is 16.7. The number of carbonyl (C=O) groups excluding carboxylic acids is 2. The number of carbonyl (C=O) groups is 3. The predicted molar refractivity (Wildman–Crippen MR) is 103 cm³/mol. The van der Waals surface area contributed by atoms with E-state index < -0.39 is 17.4 Å². The van der Waals surface area contributed by atoms with Gasteiger partial charge in [-0.1, -0.05) is 13.8 Å². The first-order valence-corrected chi connectivity index (χ1v) is 9.13. The number of rotatable bonds is 10. The van der Waals surface area contributed by atoms with Gasteiger partial charge < -0.3 is 20.5 Å². The van der Waals surface area contributed by atoms with Gasteiger partial charge in [0.2, 0.25) is 5.91 Å². The molecule has 7 heteroatoms. The Bertz CT molecular complexity index is 653. The van der Waals surface area contributed by atoms with E-state index in [0.717, 1.165) is 0 Å². The van der Waals surface area contributed by atoms with Crippen molar-refractivity contribution in [2.45, 2.75) is 47.1 Å². The summed E-state index contributed by atoms with van der Waals surface area (Å²) >= 11 is 0. The first kappa shape index (κ1) is 22.5. The Labute approximate surface area is 160 Å². The largest absolute Gasteiger partial charge is 0.494 e. The molecule has 1 atom stereocenters. The van der Waals surface area contributed by atoms with Crippen LogP contribution in [-0.2, 0) is 9.59 Å². The van der Waals surface area contributed by atoms with E-state index in [0.29, 0.717) is 24.3 Å². The van der Waals surface area contributed by atoms with E-state index in [9.17, 15) is 14.4 Å². The molecule has 0 radical (unpaired) electrons. The van der Waals surface area contributed by atoms with E-state index in [1.165, 1.54) is 0 Å². The van der Waals surface area contributed by atoms with Crippen molar-refractivity contribution >= 4 is 17.8 Å². The molecule has 0 saturated carbocycles. The van der Waals surface area contributed by atoms with Gasteiger partial charge in [0.15, 0.2) is 0 Å². The van der Waals surface area contributed by atoms with Crippen molar-refractivity contribution in [3.05, 3.63) is 29.8 Å². The molecule has 7 nitrogen and oxygen atoms in total. The highest BCUT2D eigenvalue weighted by atomic mass is 16.5.